The molecule has 8 heteroatoms. The topological polar surface area (TPSA) is 54.8 Å². The van der Waals surface area contributed by atoms with Gasteiger partial charge < -0.3 is 5.32 Å². The lowest BCUT2D eigenvalue weighted by Gasteiger charge is -2.23. The van der Waals surface area contributed by atoms with Crippen molar-refractivity contribution in [1.29, 1.82) is 0 Å². The molecule has 2 N–H and O–H groups in total. The fourth-order valence-electron chi connectivity index (χ4n) is 2.82. The second-order valence-electron chi connectivity index (χ2n) is 5.93. The SMILES string of the molecule is Fc1ccc(Cn2cnc(NC(=S)NC3CCCCC3)n2)c(Cl)c1. The van der Waals surface area contributed by atoms with E-state index in [2.05, 4.69) is 20.7 Å². The van der Waals surface area contributed by atoms with Gasteiger partial charge in [0.1, 0.15) is 12.1 Å². The van der Waals surface area contributed by atoms with E-state index in [-0.39, 0.29) is 5.82 Å². The molecular weight excluding hydrogens is 349 g/mol. The summed E-state index contributed by atoms with van der Waals surface area (Å²) in [6, 6.07) is 4.73. The number of hydrogen-bond donors (Lipinski definition) is 2. The highest BCUT2D eigenvalue weighted by atomic mass is 35.5. The molecule has 0 atom stereocenters. The largest absolute Gasteiger partial charge is 0.360 e. The van der Waals surface area contributed by atoms with Crippen molar-refractivity contribution in [2.45, 2.75) is 44.7 Å². The maximum Gasteiger partial charge on any atom is 0.248 e. The first-order chi connectivity index (χ1) is 11.6. The molecule has 24 heavy (non-hydrogen) atoms. The maximum absolute atomic E-state index is 13.1. The number of hydrogen-bond acceptors (Lipinski definition) is 3. The van der Waals surface area contributed by atoms with Gasteiger partial charge in [-0.2, -0.15) is 0 Å². The molecule has 1 aliphatic carbocycles. The standard InChI is InChI=1S/C16H19ClFN5S/c17-14-8-12(18)7-6-11(14)9-23-10-19-15(22-23)21-16(24)20-13-4-2-1-3-5-13/h6-8,10,13H,1-5,9H2,(H2,20,21,22,24). The Morgan fingerprint density at radius 3 is 2.88 bits per heavy atom. The summed E-state index contributed by atoms with van der Waals surface area (Å²) in [5, 5.41) is 11.5. The lowest BCUT2D eigenvalue weighted by atomic mass is 9.96. The molecule has 1 aliphatic rings. The van der Waals surface area contributed by atoms with Gasteiger partial charge in [-0.25, -0.2) is 14.1 Å². The highest BCUT2D eigenvalue weighted by molar-refractivity contribution is 7.80. The van der Waals surface area contributed by atoms with Crippen LogP contribution in [0.2, 0.25) is 5.02 Å². The van der Waals surface area contributed by atoms with E-state index in [1.54, 1.807) is 17.1 Å². The monoisotopic (exact) mass is 367 g/mol. The number of halogens is 2. The summed E-state index contributed by atoms with van der Waals surface area (Å²) in [6.07, 6.45) is 7.66. The Morgan fingerprint density at radius 2 is 2.12 bits per heavy atom. The normalized spacial score (nSPS) is 15.2. The van der Waals surface area contributed by atoms with E-state index < -0.39 is 0 Å². The summed E-state index contributed by atoms with van der Waals surface area (Å²) in [4.78, 5) is 4.19. The zero-order valence-electron chi connectivity index (χ0n) is 13.1. The highest BCUT2D eigenvalue weighted by Crippen LogP contribution is 2.19. The third-order valence-electron chi connectivity index (χ3n) is 4.05. The Labute approximate surface area is 150 Å². The summed E-state index contributed by atoms with van der Waals surface area (Å²) in [6.45, 7) is 0.413. The first-order valence-corrected chi connectivity index (χ1v) is 8.79. The van der Waals surface area contributed by atoms with Gasteiger partial charge in [0, 0.05) is 11.1 Å². The highest BCUT2D eigenvalue weighted by Gasteiger charge is 2.14. The van der Waals surface area contributed by atoms with Crippen LogP contribution in [0.15, 0.2) is 24.5 Å². The van der Waals surface area contributed by atoms with Crippen LogP contribution in [0.3, 0.4) is 0 Å². The van der Waals surface area contributed by atoms with Crippen molar-refractivity contribution >= 4 is 34.9 Å². The Hall–Kier alpha value is -1.73. The van der Waals surface area contributed by atoms with Crippen LogP contribution in [0.25, 0.3) is 0 Å². The maximum atomic E-state index is 13.1. The van der Waals surface area contributed by atoms with E-state index in [0.717, 1.165) is 18.4 Å². The molecule has 2 aromatic rings. The van der Waals surface area contributed by atoms with Crippen molar-refractivity contribution in [3.8, 4) is 0 Å². The predicted octanol–water partition coefficient (Wildman–Crippen LogP) is 3.74. The van der Waals surface area contributed by atoms with Crippen LogP contribution in [0.5, 0.6) is 0 Å². The fraction of sp³-hybridized carbons (Fsp3) is 0.438. The van der Waals surface area contributed by atoms with E-state index in [0.29, 0.717) is 28.7 Å². The third kappa shape index (κ3) is 4.64. The number of aromatic nitrogens is 3. The molecule has 128 valence electrons. The van der Waals surface area contributed by atoms with Crippen LogP contribution in [0, 0.1) is 5.82 Å². The number of rotatable bonds is 4. The molecule has 0 spiro atoms. The average molecular weight is 368 g/mol. The quantitative estimate of drug-likeness (QED) is 0.806. The third-order valence-corrected chi connectivity index (χ3v) is 4.62. The molecule has 0 amide bonds. The van der Waals surface area contributed by atoms with Crippen molar-refractivity contribution in [3.63, 3.8) is 0 Å². The minimum absolute atomic E-state index is 0.358. The van der Waals surface area contributed by atoms with Gasteiger partial charge in [-0.3, -0.25) is 5.32 Å². The zero-order chi connectivity index (χ0) is 16.9. The lowest BCUT2D eigenvalue weighted by Crippen LogP contribution is -2.39. The molecule has 0 bridgehead atoms. The molecule has 3 rings (SSSR count). The smallest absolute Gasteiger partial charge is 0.248 e. The van der Waals surface area contributed by atoms with Crippen molar-refractivity contribution in [1.82, 2.24) is 20.1 Å². The molecule has 0 radical (unpaired) electrons. The molecule has 1 aromatic heterocycles. The number of anilines is 1. The van der Waals surface area contributed by atoms with Crippen LogP contribution in [-0.2, 0) is 6.54 Å². The molecule has 5 nitrogen and oxygen atoms in total. The summed E-state index contributed by atoms with van der Waals surface area (Å²) in [5.74, 6) is 0.0744. The van der Waals surface area contributed by atoms with E-state index >= 15 is 0 Å². The van der Waals surface area contributed by atoms with Crippen LogP contribution < -0.4 is 10.6 Å². The van der Waals surface area contributed by atoms with E-state index in [1.165, 1.54) is 31.4 Å². The van der Waals surface area contributed by atoms with Crippen molar-refractivity contribution < 1.29 is 4.39 Å². The van der Waals surface area contributed by atoms with Crippen LogP contribution >= 0.6 is 23.8 Å². The van der Waals surface area contributed by atoms with Gasteiger partial charge in [0.05, 0.1) is 6.54 Å². The number of thiocarbonyl (C=S) groups is 1. The summed E-state index contributed by atoms with van der Waals surface area (Å²) >= 11 is 11.3. The number of nitrogens with one attached hydrogen (secondary N) is 2. The Morgan fingerprint density at radius 1 is 1.33 bits per heavy atom. The van der Waals surface area contributed by atoms with Crippen molar-refractivity contribution in [3.05, 3.63) is 40.9 Å². The molecular formula is C16H19ClFN5S. The predicted molar refractivity (Wildman–Crippen MR) is 96.8 cm³/mol. The second-order valence-corrected chi connectivity index (χ2v) is 6.75. The summed E-state index contributed by atoms with van der Waals surface area (Å²) < 4.78 is 14.7. The van der Waals surface area contributed by atoms with Gasteiger partial charge in [-0.1, -0.05) is 36.9 Å². The summed E-state index contributed by atoms with van der Waals surface area (Å²) in [7, 11) is 0. The van der Waals surface area contributed by atoms with Gasteiger partial charge in [-0.05, 0) is 42.8 Å². The summed E-state index contributed by atoms with van der Waals surface area (Å²) in [5.41, 5.74) is 0.775. The molecule has 1 aromatic carbocycles. The van der Waals surface area contributed by atoms with Crippen LogP contribution in [0.1, 0.15) is 37.7 Å². The molecule has 0 saturated heterocycles. The molecule has 1 fully saturated rings. The Balaban J connectivity index is 1.55. The first kappa shape index (κ1) is 17.1. The molecule has 0 aliphatic heterocycles. The minimum atomic E-state index is -0.358. The van der Waals surface area contributed by atoms with Gasteiger partial charge in [0.15, 0.2) is 5.11 Å². The average Bonchev–Trinajstić information content (AvgIpc) is 2.98. The molecule has 1 saturated carbocycles. The Kier molecular flexibility index (Phi) is 5.63. The van der Waals surface area contributed by atoms with Gasteiger partial charge in [-0.15, -0.1) is 5.10 Å². The number of benzene rings is 1. The van der Waals surface area contributed by atoms with Crippen molar-refractivity contribution in [2.24, 2.45) is 0 Å². The van der Waals surface area contributed by atoms with E-state index in [1.807, 2.05) is 0 Å². The Bertz CT molecular complexity index is 714. The van der Waals surface area contributed by atoms with Crippen molar-refractivity contribution in [2.75, 3.05) is 5.32 Å². The molecule has 1 heterocycles. The van der Waals surface area contributed by atoms with E-state index in [4.69, 9.17) is 23.8 Å². The lowest BCUT2D eigenvalue weighted by molar-refractivity contribution is 0.414. The minimum Gasteiger partial charge on any atom is -0.360 e. The second kappa shape index (κ2) is 7.90. The van der Waals surface area contributed by atoms with Crippen LogP contribution in [-0.4, -0.2) is 25.9 Å². The van der Waals surface area contributed by atoms with E-state index in [9.17, 15) is 4.39 Å². The first-order valence-electron chi connectivity index (χ1n) is 8.01. The van der Waals surface area contributed by atoms with Gasteiger partial charge in [0.2, 0.25) is 5.95 Å². The van der Waals surface area contributed by atoms with Crippen LogP contribution in [0.4, 0.5) is 10.3 Å². The zero-order valence-corrected chi connectivity index (χ0v) is 14.7. The van der Waals surface area contributed by atoms with Gasteiger partial charge in [0.25, 0.3) is 0 Å². The number of nitrogens with zero attached hydrogens (tertiary/aromatic N) is 3. The molecule has 0 unspecified atom stereocenters. The van der Waals surface area contributed by atoms with Gasteiger partial charge >= 0.3 is 0 Å². The fourth-order valence-corrected chi connectivity index (χ4v) is 3.31.